The van der Waals surface area contributed by atoms with E-state index in [2.05, 4.69) is 64.9 Å². The molecule has 0 radical (unpaired) electrons. The van der Waals surface area contributed by atoms with Crippen molar-refractivity contribution in [3.63, 3.8) is 0 Å². The monoisotopic (exact) mass is 225 g/mol. The van der Waals surface area contributed by atoms with Crippen LogP contribution in [-0.2, 0) is 13.0 Å². The average molecular weight is 225 g/mol. The summed E-state index contributed by atoms with van der Waals surface area (Å²) in [5.74, 6) is 0. The molecule has 0 saturated carbocycles. The second-order valence-corrected chi connectivity index (χ2v) is 4.62. The SMILES string of the molecule is C[N+]1=C(Cc2ccccc2)c2cccn2CC1. The number of hydrogen-bond donors (Lipinski definition) is 0. The Morgan fingerprint density at radius 2 is 1.94 bits per heavy atom. The number of hydrogen-bond acceptors (Lipinski definition) is 0. The summed E-state index contributed by atoms with van der Waals surface area (Å²) in [6, 6.07) is 15.0. The van der Waals surface area contributed by atoms with Crippen LogP contribution in [0, 0.1) is 0 Å². The summed E-state index contributed by atoms with van der Waals surface area (Å²) in [7, 11) is 2.19. The van der Waals surface area contributed by atoms with Gasteiger partial charge in [0, 0.05) is 6.20 Å². The Labute approximate surface area is 102 Å². The average Bonchev–Trinajstić information content (AvgIpc) is 2.83. The molecule has 2 aromatic rings. The lowest BCUT2D eigenvalue weighted by molar-refractivity contribution is -0.502. The van der Waals surface area contributed by atoms with Crippen LogP contribution in [0.2, 0.25) is 0 Å². The zero-order valence-corrected chi connectivity index (χ0v) is 10.1. The number of fused-ring (bicyclic) bond motifs is 1. The second kappa shape index (κ2) is 4.21. The zero-order chi connectivity index (χ0) is 11.7. The minimum Gasteiger partial charge on any atom is -0.337 e. The summed E-state index contributed by atoms with van der Waals surface area (Å²) in [5.41, 5.74) is 4.17. The van der Waals surface area contributed by atoms with Gasteiger partial charge in [-0.1, -0.05) is 30.3 Å². The molecule has 17 heavy (non-hydrogen) atoms. The van der Waals surface area contributed by atoms with E-state index in [1.165, 1.54) is 17.0 Å². The van der Waals surface area contributed by atoms with Crippen molar-refractivity contribution in [2.45, 2.75) is 13.0 Å². The fourth-order valence-electron chi connectivity index (χ4n) is 2.47. The molecule has 1 aromatic heterocycles. The molecular weight excluding hydrogens is 208 g/mol. The third kappa shape index (κ3) is 1.91. The van der Waals surface area contributed by atoms with Crippen molar-refractivity contribution in [3.05, 3.63) is 59.9 Å². The number of likely N-dealkylation sites (N-methyl/N-ethyl adjacent to an activating group) is 1. The van der Waals surface area contributed by atoms with E-state index in [-0.39, 0.29) is 0 Å². The fraction of sp³-hybridized carbons (Fsp3) is 0.267. The highest BCUT2D eigenvalue weighted by Gasteiger charge is 2.22. The molecule has 0 bridgehead atoms. The van der Waals surface area contributed by atoms with Crippen molar-refractivity contribution in [1.29, 1.82) is 0 Å². The largest absolute Gasteiger partial charge is 0.337 e. The molecule has 3 rings (SSSR count). The standard InChI is InChI=1S/C15H17N2/c1-16-10-11-17-9-5-8-14(17)15(16)12-13-6-3-2-4-7-13/h2-9H,10-12H2,1H3/q+1. The quantitative estimate of drug-likeness (QED) is 0.692. The second-order valence-electron chi connectivity index (χ2n) is 4.62. The minimum atomic E-state index is 1.02. The molecule has 0 spiro atoms. The Balaban J connectivity index is 1.97. The van der Waals surface area contributed by atoms with Gasteiger partial charge in [-0.05, 0) is 17.7 Å². The van der Waals surface area contributed by atoms with E-state index in [4.69, 9.17) is 0 Å². The number of aromatic nitrogens is 1. The molecule has 1 aliphatic rings. The summed E-state index contributed by atoms with van der Waals surface area (Å²) < 4.78 is 4.72. The third-order valence-corrected chi connectivity index (χ3v) is 3.48. The molecule has 2 heterocycles. The lowest BCUT2D eigenvalue weighted by atomic mass is 10.0. The summed E-state index contributed by atoms with van der Waals surface area (Å²) >= 11 is 0. The minimum absolute atomic E-state index is 1.02. The predicted octanol–water partition coefficient (Wildman–Crippen LogP) is 2.18. The van der Waals surface area contributed by atoms with E-state index in [1.54, 1.807) is 0 Å². The van der Waals surface area contributed by atoms with Gasteiger partial charge in [0.15, 0.2) is 6.54 Å². The van der Waals surface area contributed by atoms with Gasteiger partial charge in [-0.25, -0.2) is 4.58 Å². The van der Waals surface area contributed by atoms with E-state index in [1.807, 2.05) is 0 Å². The normalized spacial score (nSPS) is 14.9. The number of benzene rings is 1. The molecule has 2 heteroatoms. The van der Waals surface area contributed by atoms with Crippen molar-refractivity contribution in [2.75, 3.05) is 13.6 Å². The Morgan fingerprint density at radius 1 is 1.12 bits per heavy atom. The summed E-state index contributed by atoms with van der Waals surface area (Å²) in [6.07, 6.45) is 3.19. The lowest BCUT2D eigenvalue weighted by Gasteiger charge is -2.16. The molecule has 0 saturated heterocycles. The van der Waals surface area contributed by atoms with Crippen molar-refractivity contribution in [1.82, 2.24) is 4.57 Å². The van der Waals surface area contributed by atoms with Crippen LogP contribution in [-0.4, -0.2) is 28.4 Å². The van der Waals surface area contributed by atoms with E-state index in [9.17, 15) is 0 Å². The highest BCUT2D eigenvalue weighted by Crippen LogP contribution is 2.13. The maximum Gasteiger partial charge on any atom is 0.204 e. The molecule has 0 fully saturated rings. The van der Waals surface area contributed by atoms with Gasteiger partial charge < -0.3 is 4.57 Å². The first-order chi connectivity index (χ1) is 8.34. The molecule has 0 atom stereocenters. The molecule has 0 amide bonds. The Hall–Kier alpha value is -1.83. The molecule has 1 aliphatic heterocycles. The number of rotatable bonds is 2. The first kappa shape index (κ1) is 10.3. The van der Waals surface area contributed by atoms with E-state index in [0.717, 1.165) is 19.5 Å². The molecule has 0 unspecified atom stereocenters. The predicted molar refractivity (Wildman–Crippen MR) is 69.7 cm³/mol. The van der Waals surface area contributed by atoms with Crippen molar-refractivity contribution >= 4 is 5.71 Å². The molecule has 86 valence electrons. The van der Waals surface area contributed by atoms with Crippen LogP contribution in [0.1, 0.15) is 11.3 Å². The maximum atomic E-state index is 2.38. The van der Waals surface area contributed by atoms with E-state index >= 15 is 0 Å². The van der Waals surface area contributed by atoms with Gasteiger partial charge in [0.25, 0.3) is 0 Å². The summed E-state index contributed by atoms with van der Waals surface area (Å²) in [5, 5.41) is 0. The highest BCUT2D eigenvalue weighted by atomic mass is 15.1. The van der Waals surface area contributed by atoms with Gasteiger partial charge in [0.1, 0.15) is 12.7 Å². The zero-order valence-electron chi connectivity index (χ0n) is 10.1. The van der Waals surface area contributed by atoms with Gasteiger partial charge in [-0.15, -0.1) is 0 Å². The molecule has 2 nitrogen and oxygen atoms in total. The number of nitrogens with zero attached hydrogens (tertiary/aromatic N) is 2. The van der Waals surface area contributed by atoms with Crippen LogP contribution in [0.4, 0.5) is 0 Å². The first-order valence-corrected chi connectivity index (χ1v) is 6.11. The molecule has 1 aromatic carbocycles. The van der Waals surface area contributed by atoms with Gasteiger partial charge in [0.2, 0.25) is 5.71 Å². The van der Waals surface area contributed by atoms with Gasteiger partial charge >= 0.3 is 0 Å². The van der Waals surface area contributed by atoms with E-state index in [0.29, 0.717) is 0 Å². The summed E-state index contributed by atoms with van der Waals surface area (Å²) in [6.45, 7) is 2.20. The third-order valence-electron chi connectivity index (χ3n) is 3.48. The topological polar surface area (TPSA) is 7.94 Å². The van der Waals surface area contributed by atoms with Gasteiger partial charge in [0.05, 0.1) is 13.0 Å². The van der Waals surface area contributed by atoms with Crippen molar-refractivity contribution in [2.24, 2.45) is 0 Å². The molecule has 0 aliphatic carbocycles. The fourth-order valence-corrected chi connectivity index (χ4v) is 2.47. The molecule has 0 N–H and O–H groups in total. The van der Waals surface area contributed by atoms with Crippen LogP contribution in [0.15, 0.2) is 48.7 Å². The van der Waals surface area contributed by atoms with Crippen LogP contribution >= 0.6 is 0 Å². The van der Waals surface area contributed by atoms with E-state index < -0.39 is 0 Å². The first-order valence-electron chi connectivity index (χ1n) is 6.11. The Kier molecular flexibility index (Phi) is 2.56. The van der Waals surface area contributed by atoms with Crippen LogP contribution in [0.3, 0.4) is 0 Å². The smallest absolute Gasteiger partial charge is 0.204 e. The van der Waals surface area contributed by atoms with Crippen LogP contribution in [0.5, 0.6) is 0 Å². The van der Waals surface area contributed by atoms with Crippen molar-refractivity contribution in [3.8, 4) is 0 Å². The van der Waals surface area contributed by atoms with Gasteiger partial charge in [-0.2, -0.15) is 0 Å². The van der Waals surface area contributed by atoms with Gasteiger partial charge in [-0.3, -0.25) is 0 Å². The Morgan fingerprint density at radius 3 is 2.76 bits per heavy atom. The maximum absolute atomic E-state index is 2.38. The Bertz CT molecular complexity index is 549. The van der Waals surface area contributed by atoms with Crippen LogP contribution < -0.4 is 0 Å². The van der Waals surface area contributed by atoms with Crippen LogP contribution in [0.25, 0.3) is 0 Å². The lowest BCUT2D eigenvalue weighted by Crippen LogP contribution is -2.31. The molecular formula is C15H17N2+. The highest BCUT2D eigenvalue weighted by molar-refractivity contribution is 5.97. The van der Waals surface area contributed by atoms with Crippen molar-refractivity contribution < 1.29 is 4.58 Å². The summed E-state index contributed by atoms with van der Waals surface area (Å²) in [4.78, 5) is 0.